The largest absolute Gasteiger partial charge is 0.394 e. The van der Waals surface area contributed by atoms with E-state index < -0.39 is 278 Å². The van der Waals surface area contributed by atoms with Gasteiger partial charge in [0, 0.05) is 20.3 Å². The lowest BCUT2D eigenvalue weighted by molar-refractivity contribution is -0.396. The Labute approximate surface area is 746 Å². The maximum Gasteiger partial charge on any atom is 0.220 e. The van der Waals surface area contributed by atoms with Gasteiger partial charge in [0.1, 0.15) is 159 Å². The third-order valence-electron chi connectivity index (χ3n) is 24.9. The first kappa shape index (κ1) is 111. The molecule has 0 bridgehead atoms. The van der Waals surface area contributed by atoms with Gasteiger partial charge in [-0.15, -0.1) is 0 Å². The van der Waals surface area contributed by atoms with Gasteiger partial charge in [-0.1, -0.05) is 192 Å². The Morgan fingerprint density at radius 1 is 0.323 bits per heavy atom. The highest BCUT2D eigenvalue weighted by Crippen LogP contribution is 2.40. The van der Waals surface area contributed by atoms with E-state index in [-0.39, 0.29) is 12.3 Å². The number of ether oxygens (including phenoxy) is 14. The molecule has 7 aliphatic rings. The molecule has 0 spiro atoms. The second kappa shape index (κ2) is 58.8. The van der Waals surface area contributed by atoms with Gasteiger partial charge in [-0.25, -0.2) is 0 Å². The quantitative estimate of drug-likeness (QED) is 0.0271. The van der Waals surface area contributed by atoms with Crippen molar-refractivity contribution in [1.29, 1.82) is 0 Å². The normalized spacial score (nSPS) is 37.9. The van der Waals surface area contributed by atoms with E-state index in [2.05, 4.69) is 41.9 Å². The SMILES string of the molecule is CCCCCCCC/C=C\CCCCCCCCCCCCCC(=O)N[C@@H](CO[C@@H]1OC(CO)[C@@H](O[C@@H]2OC(CO)[C@H](O)[C@H](O[C@@H]3OC(CO)[C@@H](O[C@H]4OC(C)[C@@H](O)C(O)[C@@H]4O)[C@H](O[C@@H]4OC(CO)[C@H](O)[C@H](O[C@@H]5OC(CO)[C@@H](O)[C@H](O[C@H]6OC(C)[C@@H](O)C(O)[C@@H]6O)C5NC(C)=O)C4O)C3NC(C)=O)C2O)[C@H](O)C1O)[C@H](O)/C=C/CCCCCCCCCCCCC. The minimum absolute atomic E-state index is 0.149. The third-order valence-corrected chi connectivity index (χ3v) is 24.9. The standard InChI is InChI=1S/C88H157N3O36/c1-7-9-11-13-15-17-19-21-22-23-24-25-26-27-28-30-32-34-36-38-40-42-60(100)91-53(54(99)41-39-37-35-33-31-29-20-18-16-14-12-10-8-2)48-114-84-73(111)70(108)76(58(46-95)121-84)122-87-74(112)80(66(104)56(44-93)118-87)127-83-62(90-52(6)98)79(77(59(47-96)120-83)123-85-71(109)68(106)63(101)49(3)115-85)125-88-75(113)81(67(105)57(45-94)119-88)126-82-61(89-51(5)97)78(65(103)55(43-92)117-82)124-86-72(110)69(107)64(102)50(4)116-86/h21-22,39,41,49-50,53-59,61-88,92-96,99,101-113H,7-20,23-38,40,42-48H2,1-6H3,(H,89,97)(H,90,98)(H,91,100)/b22-21-,41-39+/t49?,50?,53-,54+,55?,56?,57?,58?,59?,61?,62?,63+,64+,65+,66-,67-,68?,69?,70+,71-,72-,73?,74?,75?,76+,77+,78+,79+,80-,81-,82-,83-,84+,85+,86+,87-,88-/m0/s1. The molecule has 39 heteroatoms. The molecule has 22 N–H and O–H groups in total. The van der Waals surface area contributed by atoms with Gasteiger partial charge in [-0.05, 0) is 58.8 Å². The van der Waals surface area contributed by atoms with Crippen LogP contribution >= 0.6 is 0 Å². The summed E-state index contributed by atoms with van der Waals surface area (Å²) >= 11 is 0. The first-order valence-electron chi connectivity index (χ1n) is 46.8. The van der Waals surface area contributed by atoms with Gasteiger partial charge in [-0.2, -0.15) is 0 Å². The fourth-order valence-corrected chi connectivity index (χ4v) is 17.2. The van der Waals surface area contributed by atoms with Crippen molar-refractivity contribution >= 4 is 17.7 Å². The van der Waals surface area contributed by atoms with Crippen molar-refractivity contribution in [2.75, 3.05) is 39.6 Å². The van der Waals surface area contributed by atoms with Crippen molar-refractivity contribution in [3.8, 4) is 0 Å². The molecule has 0 saturated carbocycles. The van der Waals surface area contributed by atoms with Crippen LogP contribution < -0.4 is 16.0 Å². The highest BCUT2D eigenvalue weighted by Gasteiger charge is 2.60. The predicted octanol–water partition coefficient (Wildman–Crippen LogP) is -0.428. The zero-order chi connectivity index (χ0) is 92.8. The number of aliphatic hydroxyl groups excluding tert-OH is 19. The molecule has 7 heterocycles. The molecule has 7 fully saturated rings. The molecule has 3 amide bonds. The first-order chi connectivity index (χ1) is 61.0. The maximum atomic E-state index is 13.7. The van der Waals surface area contributed by atoms with E-state index in [0.717, 1.165) is 78.1 Å². The predicted molar refractivity (Wildman–Crippen MR) is 451 cm³/mol. The topological polar surface area (TPSA) is 601 Å². The van der Waals surface area contributed by atoms with Crippen LogP contribution in [-0.4, -0.2) is 381 Å². The number of rotatable bonds is 58. The summed E-state index contributed by atoms with van der Waals surface area (Å²) in [6.07, 6.45) is -21.9. The zero-order valence-electron chi connectivity index (χ0n) is 75.0. The average Bonchev–Trinajstić information content (AvgIpc) is 0.693. The van der Waals surface area contributed by atoms with Crippen LogP contribution in [0.1, 0.15) is 247 Å². The second-order valence-corrected chi connectivity index (χ2v) is 35.2. The number of amides is 3. The summed E-state index contributed by atoms with van der Waals surface area (Å²) in [6.45, 7) is 3.23. The molecule has 14 unspecified atom stereocenters. The molecule has 37 atom stereocenters. The number of hydrogen-bond donors (Lipinski definition) is 22. The number of unbranched alkanes of at least 4 members (excludes halogenated alkanes) is 28. The van der Waals surface area contributed by atoms with Gasteiger partial charge in [0.2, 0.25) is 17.7 Å². The second-order valence-electron chi connectivity index (χ2n) is 35.2. The number of carbonyl (C=O) groups excluding carboxylic acids is 3. The van der Waals surface area contributed by atoms with Crippen LogP contribution in [-0.2, 0) is 80.7 Å². The summed E-state index contributed by atoms with van der Waals surface area (Å²) in [6, 6.07) is -4.87. The van der Waals surface area contributed by atoms with Gasteiger partial charge < -0.3 is 179 Å². The summed E-state index contributed by atoms with van der Waals surface area (Å²) in [4.78, 5) is 40.3. The number of hydrogen-bond acceptors (Lipinski definition) is 36. The smallest absolute Gasteiger partial charge is 0.220 e. The van der Waals surface area contributed by atoms with Gasteiger partial charge in [-0.3, -0.25) is 14.4 Å². The van der Waals surface area contributed by atoms with E-state index in [1.807, 2.05) is 6.08 Å². The van der Waals surface area contributed by atoms with E-state index in [1.54, 1.807) is 6.08 Å². The molecule has 0 aromatic rings. The number of aliphatic hydroxyl groups is 19. The van der Waals surface area contributed by atoms with Crippen LogP contribution in [0.15, 0.2) is 24.3 Å². The Hall–Kier alpha value is -3.43. The van der Waals surface area contributed by atoms with E-state index in [4.69, 9.17) is 66.3 Å². The summed E-state index contributed by atoms with van der Waals surface area (Å²) < 4.78 is 85.0. The first-order valence-corrected chi connectivity index (χ1v) is 46.8. The maximum absolute atomic E-state index is 13.7. The number of allylic oxidation sites excluding steroid dienone is 3. The Kier molecular flexibility index (Phi) is 51.2. The molecule has 39 nitrogen and oxygen atoms in total. The Morgan fingerprint density at radius 2 is 0.638 bits per heavy atom. The van der Waals surface area contributed by atoms with Crippen LogP contribution in [0, 0.1) is 0 Å². The minimum atomic E-state index is -2.39. The summed E-state index contributed by atoms with van der Waals surface area (Å²) in [5.41, 5.74) is 0. The number of nitrogens with one attached hydrogen (secondary N) is 3. The number of carbonyl (C=O) groups is 3. The fraction of sp³-hybridized carbons (Fsp3) is 0.920. The van der Waals surface area contributed by atoms with E-state index in [9.17, 15) is 111 Å². The van der Waals surface area contributed by atoms with Gasteiger partial charge in [0.05, 0.1) is 64.0 Å². The van der Waals surface area contributed by atoms with Crippen molar-refractivity contribution < 1.29 is 178 Å². The van der Waals surface area contributed by atoms with Crippen LogP contribution in [0.2, 0.25) is 0 Å². The van der Waals surface area contributed by atoms with Crippen molar-refractivity contribution in [3.05, 3.63) is 24.3 Å². The van der Waals surface area contributed by atoms with Crippen molar-refractivity contribution in [2.45, 2.75) is 474 Å². The van der Waals surface area contributed by atoms with Crippen LogP contribution in [0.25, 0.3) is 0 Å². The average molecular weight is 1830 g/mol. The molecule has 7 saturated heterocycles. The minimum Gasteiger partial charge on any atom is -0.394 e. The molecule has 0 aliphatic carbocycles. The monoisotopic (exact) mass is 1830 g/mol. The van der Waals surface area contributed by atoms with E-state index in [1.165, 1.54) is 136 Å². The van der Waals surface area contributed by atoms with Gasteiger partial charge in [0.15, 0.2) is 44.0 Å². The Morgan fingerprint density at radius 3 is 1.06 bits per heavy atom. The van der Waals surface area contributed by atoms with Crippen LogP contribution in [0.5, 0.6) is 0 Å². The highest BCUT2D eigenvalue weighted by molar-refractivity contribution is 5.76. The molecule has 0 aromatic heterocycles. The lowest BCUT2D eigenvalue weighted by atomic mass is 9.93. The van der Waals surface area contributed by atoms with Gasteiger partial charge in [0.25, 0.3) is 0 Å². The van der Waals surface area contributed by atoms with Crippen molar-refractivity contribution in [2.24, 2.45) is 0 Å². The Bertz CT molecular complexity index is 3060. The summed E-state index contributed by atoms with van der Waals surface area (Å²) in [7, 11) is 0. The molecule has 0 aromatic carbocycles. The van der Waals surface area contributed by atoms with Crippen molar-refractivity contribution in [3.63, 3.8) is 0 Å². The molecule has 0 radical (unpaired) electrons. The lowest BCUT2D eigenvalue weighted by Crippen LogP contribution is -2.72. The fourth-order valence-electron chi connectivity index (χ4n) is 17.2. The van der Waals surface area contributed by atoms with Crippen LogP contribution in [0.3, 0.4) is 0 Å². The van der Waals surface area contributed by atoms with E-state index in [0.29, 0.717) is 12.8 Å². The molecular formula is C88H157N3O36. The highest BCUT2D eigenvalue weighted by atomic mass is 16.8. The van der Waals surface area contributed by atoms with Crippen LogP contribution in [0.4, 0.5) is 0 Å². The van der Waals surface area contributed by atoms with E-state index >= 15 is 0 Å². The molecular weight excluding hydrogens is 1670 g/mol. The molecule has 7 rings (SSSR count). The third kappa shape index (κ3) is 33.8. The molecule has 7 aliphatic heterocycles. The molecule has 127 heavy (non-hydrogen) atoms. The summed E-state index contributed by atoms with van der Waals surface area (Å²) in [5, 5.41) is 223. The molecule has 740 valence electrons. The summed E-state index contributed by atoms with van der Waals surface area (Å²) in [5.74, 6) is -2.17. The van der Waals surface area contributed by atoms with Gasteiger partial charge >= 0.3 is 0 Å². The zero-order valence-corrected chi connectivity index (χ0v) is 75.0. The lowest BCUT2D eigenvalue weighted by Gasteiger charge is -2.52. The van der Waals surface area contributed by atoms with Crippen molar-refractivity contribution in [1.82, 2.24) is 16.0 Å². The Balaban J connectivity index is 1.05.